The van der Waals surface area contributed by atoms with E-state index < -0.39 is 0 Å². The lowest BCUT2D eigenvalue weighted by molar-refractivity contribution is -0.121. The highest BCUT2D eigenvalue weighted by molar-refractivity contribution is 7.80. The molecule has 1 aromatic carbocycles. The van der Waals surface area contributed by atoms with E-state index in [-0.39, 0.29) is 11.9 Å². The van der Waals surface area contributed by atoms with Gasteiger partial charge in [-0.2, -0.15) is 0 Å². The summed E-state index contributed by atoms with van der Waals surface area (Å²) in [5, 5.41) is 2.85. The first-order chi connectivity index (χ1) is 8.52. The topological polar surface area (TPSA) is 64.3 Å². The number of nitrogens with two attached hydrogens (primary N) is 1. The van der Waals surface area contributed by atoms with Gasteiger partial charge < -0.3 is 15.8 Å². The van der Waals surface area contributed by atoms with E-state index in [4.69, 9.17) is 22.7 Å². The zero-order valence-electron chi connectivity index (χ0n) is 10.6. The molecule has 1 unspecified atom stereocenters. The number of carbonyl (C=O) groups excluding carboxylic acids is 1. The first-order valence-electron chi connectivity index (χ1n) is 5.70. The lowest BCUT2D eigenvalue weighted by Crippen LogP contribution is -2.36. The van der Waals surface area contributed by atoms with E-state index in [1.807, 2.05) is 31.2 Å². The zero-order valence-corrected chi connectivity index (χ0v) is 11.4. The van der Waals surface area contributed by atoms with Crippen molar-refractivity contribution in [3.63, 3.8) is 0 Å². The Hall–Kier alpha value is -1.46. The molecule has 3 N–H and O–H groups in total. The van der Waals surface area contributed by atoms with Crippen LogP contribution in [0.5, 0.6) is 0 Å². The first-order valence-corrected chi connectivity index (χ1v) is 6.10. The van der Waals surface area contributed by atoms with Crippen LogP contribution in [0.2, 0.25) is 0 Å². The molecule has 1 rings (SSSR count). The minimum Gasteiger partial charge on any atom is -0.389 e. The molecule has 0 bridgehead atoms. The Morgan fingerprint density at radius 3 is 2.56 bits per heavy atom. The highest BCUT2D eigenvalue weighted by atomic mass is 32.1. The number of methoxy groups -OCH3 is 1. The number of rotatable bonds is 6. The van der Waals surface area contributed by atoms with Gasteiger partial charge in [-0.15, -0.1) is 0 Å². The summed E-state index contributed by atoms with van der Waals surface area (Å²) < 4.78 is 4.95. The predicted molar refractivity (Wildman–Crippen MR) is 75.5 cm³/mol. The molecule has 0 aliphatic carbocycles. The molecule has 5 heteroatoms. The Labute approximate surface area is 113 Å². The molecule has 0 radical (unpaired) electrons. The van der Waals surface area contributed by atoms with Crippen molar-refractivity contribution in [3.8, 4) is 0 Å². The van der Waals surface area contributed by atoms with Crippen LogP contribution in [0.3, 0.4) is 0 Å². The molecule has 18 heavy (non-hydrogen) atoms. The van der Waals surface area contributed by atoms with Crippen molar-refractivity contribution in [2.45, 2.75) is 19.4 Å². The Morgan fingerprint density at radius 1 is 1.44 bits per heavy atom. The second-order valence-electron chi connectivity index (χ2n) is 4.16. The van der Waals surface area contributed by atoms with Crippen molar-refractivity contribution in [2.75, 3.05) is 13.7 Å². The van der Waals surface area contributed by atoms with Gasteiger partial charge in [0.05, 0.1) is 13.0 Å². The summed E-state index contributed by atoms with van der Waals surface area (Å²) in [6.45, 7) is 2.41. The fraction of sp³-hybridized carbons (Fsp3) is 0.385. The minimum absolute atomic E-state index is 0.0124. The first kappa shape index (κ1) is 14.6. The Bertz CT molecular complexity index is 418. The highest BCUT2D eigenvalue weighted by Gasteiger charge is 2.08. The summed E-state index contributed by atoms with van der Waals surface area (Å²) in [6.07, 6.45) is 0.339. The molecular formula is C13H18N2O2S. The maximum absolute atomic E-state index is 11.7. The van der Waals surface area contributed by atoms with E-state index in [0.29, 0.717) is 18.0 Å². The van der Waals surface area contributed by atoms with Gasteiger partial charge >= 0.3 is 0 Å². The summed E-state index contributed by atoms with van der Waals surface area (Å²) in [5.74, 6) is -0.0253. The molecule has 0 saturated heterocycles. The van der Waals surface area contributed by atoms with Gasteiger partial charge in [0, 0.05) is 18.7 Å². The monoisotopic (exact) mass is 266 g/mol. The van der Waals surface area contributed by atoms with Crippen molar-refractivity contribution in [3.05, 3.63) is 35.4 Å². The van der Waals surface area contributed by atoms with E-state index in [1.165, 1.54) is 0 Å². The van der Waals surface area contributed by atoms with Crippen molar-refractivity contribution in [2.24, 2.45) is 5.73 Å². The van der Waals surface area contributed by atoms with Crippen LogP contribution in [0.4, 0.5) is 0 Å². The smallest absolute Gasteiger partial charge is 0.224 e. The second kappa shape index (κ2) is 7.08. The molecule has 98 valence electrons. The minimum atomic E-state index is -0.0253. The van der Waals surface area contributed by atoms with Crippen LogP contribution in [0, 0.1) is 0 Å². The van der Waals surface area contributed by atoms with Gasteiger partial charge in [-0.05, 0) is 12.5 Å². The standard InChI is InChI=1S/C13H18N2O2S/c1-9(8-17-2)15-12(16)7-10-3-5-11(6-4-10)13(14)18/h3-6,9H,7-8H2,1-2H3,(H2,14,18)(H,15,16). The number of hydrogen-bond donors (Lipinski definition) is 2. The van der Waals surface area contributed by atoms with Crippen LogP contribution in [0.25, 0.3) is 0 Å². The molecule has 1 aromatic rings. The Kier molecular flexibility index (Phi) is 5.74. The van der Waals surface area contributed by atoms with Gasteiger partial charge in [0.2, 0.25) is 5.91 Å². The molecule has 0 fully saturated rings. The molecule has 0 aromatic heterocycles. The van der Waals surface area contributed by atoms with Crippen LogP contribution in [-0.4, -0.2) is 30.7 Å². The lowest BCUT2D eigenvalue weighted by Gasteiger charge is -2.12. The van der Waals surface area contributed by atoms with Gasteiger partial charge in [0.15, 0.2) is 0 Å². The van der Waals surface area contributed by atoms with E-state index in [0.717, 1.165) is 11.1 Å². The summed E-state index contributed by atoms with van der Waals surface area (Å²) in [6, 6.07) is 7.37. The van der Waals surface area contributed by atoms with E-state index in [9.17, 15) is 4.79 Å². The van der Waals surface area contributed by atoms with E-state index in [1.54, 1.807) is 7.11 Å². The van der Waals surface area contributed by atoms with Gasteiger partial charge in [0.1, 0.15) is 4.99 Å². The zero-order chi connectivity index (χ0) is 13.5. The number of ether oxygens (including phenoxy) is 1. The number of amides is 1. The summed E-state index contributed by atoms with van der Waals surface area (Å²) in [5.41, 5.74) is 7.24. The summed E-state index contributed by atoms with van der Waals surface area (Å²) in [4.78, 5) is 12.1. The SMILES string of the molecule is COCC(C)NC(=O)Cc1ccc(C(N)=S)cc1. The third-order valence-corrected chi connectivity index (χ3v) is 2.66. The van der Waals surface area contributed by atoms with Gasteiger partial charge in [-0.1, -0.05) is 36.5 Å². The maximum atomic E-state index is 11.7. The summed E-state index contributed by atoms with van der Waals surface area (Å²) >= 11 is 4.86. The molecule has 0 aliphatic heterocycles. The fourth-order valence-corrected chi connectivity index (χ4v) is 1.73. The number of carbonyl (C=O) groups is 1. The lowest BCUT2D eigenvalue weighted by atomic mass is 10.1. The average molecular weight is 266 g/mol. The van der Waals surface area contributed by atoms with Crippen LogP contribution in [-0.2, 0) is 16.0 Å². The van der Waals surface area contributed by atoms with Gasteiger partial charge in [0.25, 0.3) is 0 Å². The van der Waals surface area contributed by atoms with Crippen molar-refractivity contribution >= 4 is 23.1 Å². The molecule has 0 saturated carbocycles. The molecular weight excluding hydrogens is 248 g/mol. The van der Waals surface area contributed by atoms with Gasteiger partial charge in [-0.25, -0.2) is 0 Å². The molecule has 0 aliphatic rings. The molecule has 1 atom stereocenters. The number of hydrogen-bond acceptors (Lipinski definition) is 3. The fourth-order valence-electron chi connectivity index (χ4n) is 1.59. The van der Waals surface area contributed by atoms with Crippen LogP contribution < -0.4 is 11.1 Å². The normalized spacial score (nSPS) is 11.9. The number of benzene rings is 1. The molecule has 4 nitrogen and oxygen atoms in total. The van der Waals surface area contributed by atoms with Crippen molar-refractivity contribution < 1.29 is 9.53 Å². The van der Waals surface area contributed by atoms with E-state index >= 15 is 0 Å². The maximum Gasteiger partial charge on any atom is 0.224 e. The third kappa shape index (κ3) is 4.81. The third-order valence-electron chi connectivity index (χ3n) is 2.43. The van der Waals surface area contributed by atoms with Gasteiger partial charge in [-0.3, -0.25) is 4.79 Å². The molecule has 0 spiro atoms. The molecule has 1 amide bonds. The highest BCUT2D eigenvalue weighted by Crippen LogP contribution is 2.05. The molecule has 0 heterocycles. The van der Waals surface area contributed by atoms with Crippen LogP contribution >= 0.6 is 12.2 Å². The van der Waals surface area contributed by atoms with Crippen molar-refractivity contribution in [1.82, 2.24) is 5.32 Å². The number of nitrogens with one attached hydrogen (secondary N) is 1. The Balaban J connectivity index is 2.51. The average Bonchev–Trinajstić information content (AvgIpc) is 2.29. The number of thiocarbonyl (C=S) groups is 1. The van der Waals surface area contributed by atoms with E-state index in [2.05, 4.69) is 5.32 Å². The summed E-state index contributed by atoms with van der Waals surface area (Å²) in [7, 11) is 1.61. The predicted octanol–water partition coefficient (Wildman–Crippen LogP) is 1.01. The Morgan fingerprint density at radius 2 is 2.06 bits per heavy atom. The van der Waals surface area contributed by atoms with Crippen molar-refractivity contribution in [1.29, 1.82) is 0 Å². The van der Waals surface area contributed by atoms with Crippen LogP contribution in [0.1, 0.15) is 18.1 Å². The van der Waals surface area contributed by atoms with Crippen LogP contribution in [0.15, 0.2) is 24.3 Å². The quantitative estimate of drug-likeness (QED) is 0.754. The second-order valence-corrected chi connectivity index (χ2v) is 4.60. The largest absolute Gasteiger partial charge is 0.389 e.